The van der Waals surface area contributed by atoms with Gasteiger partial charge in [0, 0.05) is 24.9 Å². The fourth-order valence-electron chi connectivity index (χ4n) is 4.01. The van der Waals surface area contributed by atoms with Crippen molar-refractivity contribution in [3.63, 3.8) is 0 Å². The SMILES string of the molecule is COc1ccc(S(=O)(=O)Nc2ccc(C3(C(=O)NC[C@H]4CCCO4)CC3)cc2)cc1OC. The van der Waals surface area contributed by atoms with E-state index in [2.05, 4.69) is 10.0 Å². The van der Waals surface area contributed by atoms with Gasteiger partial charge in [-0.25, -0.2) is 8.42 Å². The quantitative estimate of drug-likeness (QED) is 0.597. The number of ether oxygens (including phenoxy) is 3. The molecule has 1 saturated heterocycles. The molecule has 1 heterocycles. The van der Waals surface area contributed by atoms with Crippen LogP contribution in [0.4, 0.5) is 5.69 Å². The summed E-state index contributed by atoms with van der Waals surface area (Å²) in [4.78, 5) is 12.9. The number of sulfonamides is 1. The van der Waals surface area contributed by atoms with Gasteiger partial charge in [-0.2, -0.15) is 0 Å². The summed E-state index contributed by atoms with van der Waals surface area (Å²) in [5, 5.41) is 3.02. The van der Waals surface area contributed by atoms with E-state index in [9.17, 15) is 13.2 Å². The van der Waals surface area contributed by atoms with Crippen molar-refractivity contribution >= 4 is 21.6 Å². The zero-order valence-corrected chi connectivity index (χ0v) is 19.0. The van der Waals surface area contributed by atoms with Gasteiger partial charge in [0.25, 0.3) is 10.0 Å². The lowest BCUT2D eigenvalue weighted by molar-refractivity contribution is -0.124. The van der Waals surface area contributed by atoms with E-state index in [0.29, 0.717) is 23.7 Å². The number of amides is 1. The first-order valence-electron chi connectivity index (χ1n) is 10.6. The number of hydrogen-bond donors (Lipinski definition) is 2. The molecule has 2 N–H and O–H groups in total. The minimum absolute atomic E-state index is 0.00617. The van der Waals surface area contributed by atoms with E-state index in [1.54, 1.807) is 18.2 Å². The monoisotopic (exact) mass is 460 g/mol. The smallest absolute Gasteiger partial charge is 0.262 e. The van der Waals surface area contributed by atoms with E-state index in [0.717, 1.165) is 37.9 Å². The Morgan fingerprint density at radius 3 is 2.41 bits per heavy atom. The molecular weight excluding hydrogens is 432 g/mol. The minimum Gasteiger partial charge on any atom is -0.493 e. The van der Waals surface area contributed by atoms with Gasteiger partial charge in [-0.1, -0.05) is 12.1 Å². The first kappa shape index (κ1) is 22.4. The van der Waals surface area contributed by atoms with Gasteiger partial charge in [0.1, 0.15) is 0 Å². The van der Waals surface area contributed by atoms with E-state index >= 15 is 0 Å². The normalized spacial score (nSPS) is 19.2. The third-order valence-electron chi connectivity index (χ3n) is 6.05. The van der Waals surface area contributed by atoms with Crippen molar-refractivity contribution in [1.29, 1.82) is 0 Å². The van der Waals surface area contributed by atoms with Crippen molar-refractivity contribution in [2.24, 2.45) is 0 Å². The van der Waals surface area contributed by atoms with Gasteiger partial charge in [-0.3, -0.25) is 9.52 Å². The van der Waals surface area contributed by atoms with Crippen LogP contribution in [0.1, 0.15) is 31.2 Å². The molecule has 1 aliphatic carbocycles. The van der Waals surface area contributed by atoms with Crippen molar-refractivity contribution in [2.45, 2.75) is 42.1 Å². The Hall–Kier alpha value is -2.78. The molecule has 2 aromatic rings. The lowest BCUT2D eigenvalue weighted by Gasteiger charge is -2.18. The van der Waals surface area contributed by atoms with Crippen LogP contribution in [0, 0.1) is 0 Å². The lowest BCUT2D eigenvalue weighted by Crippen LogP contribution is -2.39. The Balaban J connectivity index is 1.44. The molecule has 1 atom stereocenters. The highest BCUT2D eigenvalue weighted by Gasteiger charge is 2.51. The summed E-state index contributed by atoms with van der Waals surface area (Å²) in [6.07, 6.45) is 3.67. The van der Waals surface area contributed by atoms with Crippen molar-refractivity contribution < 1.29 is 27.4 Å². The van der Waals surface area contributed by atoms with Gasteiger partial charge < -0.3 is 19.5 Å². The van der Waals surface area contributed by atoms with Crippen LogP contribution in [0.25, 0.3) is 0 Å². The Kier molecular flexibility index (Phi) is 6.30. The van der Waals surface area contributed by atoms with Gasteiger partial charge >= 0.3 is 0 Å². The van der Waals surface area contributed by atoms with Gasteiger partial charge in [-0.05, 0) is 55.5 Å². The van der Waals surface area contributed by atoms with Gasteiger partial charge in [-0.15, -0.1) is 0 Å². The van der Waals surface area contributed by atoms with Crippen LogP contribution in [0.15, 0.2) is 47.4 Å². The van der Waals surface area contributed by atoms with E-state index in [1.807, 2.05) is 12.1 Å². The molecule has 4 rings (SSSR count). The van der Waals surface area contributed by atoms with Gasteiger partial charge in [0.05, 0.1) is 30.6 Å². The second-order valence-corrected chi connectivity index (χ2v) is 9.81. The molecule has 1 saturated carbocycles. The topological polar surface area (TPSA) is 103 Å². The Morgan fingerprint density at radius 2 is 1.81 bits per heavy atom. The summed E-state index contributed by atoms with van der Waals surface area (Å²) in [5.74, 6) is 0.783. The average molecular weight is 461 g/mol. The minimum atomic E-state index is -3.82. The standard InChI is InChI=1S/C23H28N2O6S/c1-29-20-10-9-19(14-21(20)30-2)32(27,28)25-17-7-5-16(6-8-17)23(11-12-23)22(26)24-15-18-4-3-13-31-18/h5-10,14,18,25H,3-4,11-13,15H2,1-2H3,(H,24,26)/t18-/m1/s1. The number of hydrogen-bond acceptors (Lipinski definition) is 6. The number of anilines is 1. The molecule has 2 aromatic carbocycles. The molecule has 0 bridgehead atoms. The summed E-state index contributed by atoms with van der Waals surface area (Å²) in [6.45, 7) is 1.29. The fraction of sp³-hybridized carbons (Fsp3) is 0.435. The molecule has 9 heteroatoms. The van der Waals surface area contributed by atoms with Gasteiger partial charge in [0.15, 0.2) is 11.5 Å². The maximum Gasteiger partial charge on any atom is 0.262 e. The summed E-state index contributed by atoms with van der Waals surface area (Å²) in [6, 6.07) is 11.4. The molecule has 32 heavy (non-hydrogen) atoms. The highest BCUT2D eigenvalue weighted by atomic mass is 32.2. The fourth-order valence-corrected chi connectivity index (χ4v) is 5.08. The average Bonchev–Trinajstić information content (AvgIpc) is 3.45. The van der Waals surface area contributed by atoms with E-state index in [-0.39, 0.29) is 16.9 Å². The first-order valence-corrected chi connectivity index (χ1v) is 12.1. The summed E-state index contributed by atoms with van der Waals surface area (Å²) in [7, 11) is -0.880. The van der Waals surface area contributed by atoms with Crippen molar-refractivity contribution in [2.75, 3.05) is 32.1 Å². The Morgan fingerprint density at radius 1 is 1.09 bits per heavy atom. The molecule has 1 aliphatic heterocycles. The lowest BCUT2D eigenvalue weighted by atomic mass is 9.94. The Bertz CT molecular complexity index is 1070. The third-order valence-corrected chi connectivity index (χ3v) is 7.43. The molecule has 0 spiro atoms. The van der Waals surface area contributed by atoms with E-state index in [1.165, 1.54) is 26.4 Å². The summed E-state index contributed by atoms with van der Waals surface area (Å²) < 4.78 is 44.1. The van der Waals surface area contributed by atoms with Crippen LogP contribution >= 0.6 is 0 Å². The predicted octanol–water partition coefficient (Wildman–Crippen LogP) is 2.83. The highest BCUT2D eigenvalue weighted by Crippen LogP contribution is 2.48. The Labute approximate surface area is 188 Å². The second kappa shape index (κ2) is 8.99. The molecular formula is C23H28N2O6S. The molecule has 2 fully saturated rings. The number of rotatable bonds is 9. The van der Waals surface area contributed by atoms with Crippen LogP contribution in [-0.4, -0.2) is 47.8 Å². The number of benzene rings is 2. The molecule has 1 amide bonds. The number of nitrogens with one attached hydrogen (secondary N) is 2. The number of carbonyl (C=O) groups is 1. The molecule has 0 unspecified atom stereocenters. The van der Waals surface area contributed by atoms with Crippen LogP contribution in [0.5, 0.6) is 11.5 Å². The molecule has 8 nitrogen and oxygen atoms in total. The van der Waals surface area contributed by atoms with Crippen LogP contribution in [-0.2, 0) is 25.0 Å². The number of methoxy groups -OCH3 is 2. The summed E-state index contributed by atoms with van der Waals surface area (Å²) >= 11 is 0. The number of carbonyl (C=O) groups excluding carboxylic acids is 1. The molecule has 0 aromatic heterocycles. The maximum absolute atomic E-state index is 12.8. The van der Waals surface area contributed by atoms with Crippen LogP contribution < -0.4 is 19.5 Å². The van der Waals surface area contributed by atoms with E-state index in [4.69, 9.17) is 14.2 Å². The predicted molar refractivity (Wildman–Crippen MR) is 120 cm³/mol. The van der Waals surface area contributed by atoms with Crippen molar-refractivity contribution in [3.05, 3.63) is 48.0 Å². The second-order valence-electron chi connectivity index (χ2n) is 8.13. The van der Waals surface area contributed by atoms with Crippen molar-refractivity contribution in [3.8, 4) is 11.5 Å². The first-order chi connectivity index (χ1) is 15.4. The molecule has 172 valence electrons. The summed E-state index contributed by atoms with van der Waals surface area (Å²) in [5.41, 5.74) is 0.773. The maximum atomic E-state index is 12.8. The molecule has 2 aliphatic rings. The third kappa shape index (κ3) is 4.54. The van der Waals surface area contributed by atoms with Crippen LogP contribution in [0.3, 0.4) is 0 Å². The zero-order valence-electron chi connectivity index (χ0n) is 18.2. The van der Waals surface area contributed by atoms with Crippen molar-refractivity contribution in [1.82, 2.24) is 5.32 Å². The van der Waals surface area contributed by atoms with E-state index < -0.39 is 15.4 Å². The molecule has 0 radical (unpaired) electrons. The zero-order chi connectivity index (χ0) is 22.8. The van der Waals surface area contributed by atoms with Crippen LogP contribution in [0.2, 0.25) is 0 Å². The largest absolute Gasteiger partial charge is 0.493 e. The highest BCUT2D eigenvalue weighted by molar-refractivity contribution is 7.92. The van der Waals surface area contributed by atoms with Gasteiger partial charge in [0.2, 0.25) is 5.91 Å².